The Morgan fingerprint density at radius 2 is 1.76 bits per heavy atom. The fraction of sp³-hybridized carbons (Fsp3) is 0.105. The molecule has 0 saturated carbocycles. The molecule has 1 heterocycles. The number of nitrogen functional groups attached to an aromatic ring is 1. The van der Waals surface area contributed by atoms with E-state index in [-0.39, 0.29) is 17.4 Å². The Hall–Kier alpha value is -3.72. The van der Waals surface area contributed by atoms with Gasteiger partial charge in [-0.2, -0.15) is 0 Å². The number of methoxy groups -OCH3 is 2. The van der Waals surface area contributed by atoms with E-state index in [0.29, 0.717) is 33.6 Å². The van der Waals surface area contributed by atoms with Crippen LogP contribution >= 0.6 is 11.6 Å². The number of nitrogens with zero attached hydrogens (tertiary/aromatic N) is 2. The smallest absolute Gasteiger partial charge is 0.269 e. The SMILES string of the molecule is COc1ccc(C(=O)NNc2ncnc(Nc3cc(Cl)ccc3OC)c2N)cc1. The first-order chi connectivity index (χ1) is 14.0. The van der Waals surface area contributed by atoms with E-state index in [0.717, 1.165) is 0 Å². The lowest BCUT2D eigenvalue weighted by Crippen LogP contribution is -2.30. The number of hydrogen-bond acceptors (Lipinski definition) is 8. The molecule has 0 radical (unpaired) electrons. The number of aromatic nitrogens is 2. The highest BCUT2D eigenvalue weighted by atomic mass is 35.5. The molecule has 0 aliphatic carbocycles. The summed E-state index contributed by atoms with van der Waals surface area (Å²) in [7, 11) is 3.10. The molecule has 150 valence electrons. The summed E-state index contributed by atoms with van der Waals surface area (Å²) in [5.74, 6) is 1.40. The van der Waals surface area contributed by atoms with E-state index in [1.165, 1.54) is 6.33 Å². The fourth-order valence-electron chi connectivity index (χ4n) is 2.43. The predicted molar refractivity (Wildman–Crippen MR) is 112 cm³/mol. The molecule has 29 heavy (non-hydrogen) atoms. The van der Waals surface area contributed by atoms with E-state index in [9.17, 15) is 4.79 Å². The Morgan fingerprint density at radius 1 is 1.03 bits per heavy atom. The van der Waals surface area contributed by atoms with E-state index in [4.69, 9.17) is 26.8 Å². The maximum atomic E-state index is 12.3. The van der Waals surface area contributed by atoms with E-state index in [1.807, 2.05) is 0 Å². The van der Waals surface area contributed by atoms with Crippen molar-refractivity contribution in [2.45, 2.75) is 0 Å². The third-order valence-corrected chi connectivity index (χ3v) is 4.18. The Morgan fingerprint density at radius 3 is 2.45 bits per heavy atom. The van der Waals surface area contributed by atoms with Crippen molar-refractivity contribution >= 4 is 40.5 Å². The molecule has 9 nitrogen and oxygen atoms in total. The zero-order valence-corrected chi connectivity index (χ0v) is 16.4. The normalized spacial score (nSPS) is 10.2. The summed E-state index contributed by atoms with van der Waals surface area (Å²) in [5.41, 5.74) is 12.6. The van der Waals surface area contributed by atoms with Crippen LogP contribution in [0.3, 0.4) is 0 Å². The fourth-order valence-corrected chi connectivity index (χ4v) is 2.60. The minimum Gasteiger partial charge on any atom is -0.497 e. The Balaban J connectivity index is 1.73. The predicted octanol–water partition coefficient (Wildman–Crippen LogP) is 3.23. The molecule has 3 rings (SSSR count). The average Bonchev–Trinajstić information content (AvgIpc) is 2.74. The molecule has 0 aliphatic heterocycles. The summed E-state index contributed by atoms with van der Waals surface area (Å²) in [5, 5.41) is 3.57. The van der Waals surface area contributed by atoms with Crippen LogP contribution in [0.5, 0.6) is 11.5 Å². The van der Waals surface area contributed by atoms with Gasteiger partial charge in [-0.05, 0) is 42.5 Å². The summed E-state index contributed by atoms with van der Waals surface area (Å²) in [4.78, 5) is 20.5. The molecule has 1 amide bonds. The third kappa shape index (κ3) is 4.77. The molecular formula is C19H19ClN6O3. The monoisotopic (exact) mass is 414 g/mol. The zero-order valence-electron chi connectivity index (χ0n) is 15.7. The van der Waals surface area contributed by atoms with Gasteiger partial charge in [0.1, 0.15) is 23.5 Å². The second kappa shape index (κ2) is 8.98. The number of carbonyl (C=O) groups is 1. The van der Waals surface area contributed by atoms with Crippen molar-refractivity contribution < 1.29 is 14.3 Å². The molecule has 1 aromatic heterocycles. The standard InChI is InChI=1S/C19H19ClN6O3/c1-28-13-6-3-11(4-7-13)19(27)26-25-18-16(21)17(22-10-23-18)24-14-9-12(20)5-8-15(14)29-2/h3-10H,21H2,1-2H3,(H,26,27)(H2,22,23,24,25). The zero-order chi connectivity index (χ0) is 20.8. The minimum atomic E-state index is -0.364. The summed E-state index contributed by atoms with van der Waals surface area (Å²) in [6.45, 7) is 0. The lowest BCUT2D eigenvalue weighted by molar-refractivity contribution is 0.0962. The maximum absolute atomic E-state index is 12.3. The molecule has 0 bridgehead atoms. The van der Waals surface area contributed by atoms with Gasteiger partial charge in [0.05, 0.1) is 19.9 Å². The van der Waals surface area contributed by atoms with Crippen molar-refractivity contribution in [2.24, 2.45) is 0 Å². The number of anilines is 4. The van der Waals surface area contributed by atoms with Gasteiger partial charge in [-0.1, -0.05) is 11.6 Å². The summed E-state index contributed by atoms with van der Waals surface area (Å²) < 4.78 is 10.4. The van der Waals surface area contributed by atoms with Crippen LogP contribution in [0.2, 0.25) is 5.02 Å². The minimum absolute atomic E-state index is 0.199. The van der Waals surface area contributed by atoms with E-state index < -0.39 is 0 Å². The van der Waals surface area contributed by atoms with Gasteiger partial charge in [-0.25, -0.2) is 9.97 Å². The Kier molecular flexibility index (Phi) is 6.20. The molecule has 0 fully saturated rings. The first kappa shape index (κ1) is 20.0. The number of hydrazine groups is 1. The molecule has 0 aliphatic rings. The molecule has 5 N–H and O–H groups in total. The van der Waals surface area contributed by atoms with Crippen molar-refractivity contribution in [1.29, 1.82) is 0 Å². The van der Waals surface area contributed by atoms with Gasteiger partial charge in [0.2, 0.25) is 0 Å². The van der Waals surface area contributed by atoms with Gasteiger partial charge in [-0.3, -0.25) is 15.6 Å². The second-order valence-corrected chi connectivity index (χ2v) is 6.20. The molecule has 0 atom stereocenters. The number of carbonyl (C=O) groups excluding carboxylic acids is 1. The van der Waals surface area contributed by atoms with Gasteiger partial charge in [0.15, 0.2) is 11.6 Å². The summed E-state index contributed by atoms with van der Waals surface area (Å²) in [6.07, 6.45) is 1.30. The van der Waals surface area contributed by atoms with Crippen LogP contribution in [0.15, 0.2) is 48.8 Å². The van der Waals surface area contributed by atoms with Crippen LogP contribution in [0, 0.1) is 0 Å². The van der Waals surface area contributed by atoms with Crippen LogP contribution in [0.25, 0.3) is 0 Å². The van der Waals surface area contributed by atoms with Crippen LogP contribution < -0.4 is 31.4 Å². The van der Waals surface area contributed by atoms with Crippen molar-refractivity contribution in [2.75, 3.05) is 30.7 Å². The Labute approximate surface area is 172 Å². The summed E-state index contributed by atoms with van der Waals surface area (Å²) in [6, 6.07) is 11.8. The first-order valence-corrected chi connectivity index (χ1v) is 8.81. The number of halogens is 1. The first-order valence-electron chi connectivity index (χ1n) is 8.43. The number of benzene rings is 2. The molecule has 0 spiro atoms. The molecule has 3 aromatic rings. The van der Waals surface area contributed by atoms with Gasteiger partial charge in [-0.15, -0.1) is 0 Å². The van der Waals surface area contributed by atoms with E-state index in [2.05, 4.69) is 26.1 Å². The molecule has 0 unspecified atom stereocenters. The number of nitrogens with two attached hydrogens (primary N) is 1. The topological polar surface area (TPSA) is 123 Å². The van der Waals surface area contributed by atoms with Crippen molar-refractivity contribution in [1.82, 2.24) is 15.4 Å². The lowest BCUT2D eigenvalue weighted by Gasteiger charge is -2.15. The maximum Gasteiger partial charge on any atom is 0.269 e. The van der Waals surface area contributed by atoms with Crippen molar-refractivity contribution in [3.05, 3.63) is 59.4 Å². The van der Waals surface area contributed by atoms with Crippen molar-refractivity contribution in [3.63, 3.8) is 0 Å². The molecular weight excluding hydrogens is 396 g/mol. The van der Waals surface area contributed by atoms with Gasteiger partial charge < -0.3 is 20.5 Å². The summed E-state index contributed by atoms with van der Waals surface area (Å²) >= 11 is 6.05. The van der Waals surface area contributed by atoms with Crippen LogP contribution in [0.4, 0.5) is 23.0 Å². The van der Waals surface area contributed by atoms with Gasteiger partial charge in [0.25, 0.3) is 5.91 Å². The number of amides is 1. The second-order valence-electron chi connectivity index (χ2n) is 5.76. The Bertz CT molecular complexity index is 1010. The van der Waals surface area contributed by atoms with E-state index in [1.54, 1.807) is 56.7 Å². The van der Waals surface area contributed by atoms with Crippen LogP contribution in [-0.4, -0.2) is 30.1 Å². The highest BCUT2D eigenvalue weighted by Crippen LogP contribution is 2.32. The van der Waals surface area contributed by atoms with Gasteiger partial charge >= 0.3 is 0 Å². The number of ether oxygens (including phenoxy) is 2. The van der Waals surface area contributed by atoms with E-state index >= 15 is 0 Å². The third-order valence-electron chi connectivity index (χ3n) is 3.95. The van der Waals surface area contributed by atoms with Crippen LogP contribution in [0.1, 0.15) is 10.4 Å². The largest absolute Gasteiger partial charge is 0.497 e. The van der Waals surface area contributed by atoms with Crippen molar-refractivity contribution in [3.8, 4) is 11.5 Å². The highest BCUT2D eigenvalue weighted by molar-refractivity contribution is 6.31. The molecule has 0 saturated heterocycles. The average molecular weight is 415 g/mol. The highest BCUT2D eigenvalue weighted by Gasteiger charge is 2.12. The quantitative estimate of drug-likeness (QED) is 0.434. The number of rotatable bonds is 7. The van der Waals surface area contributed by atoms with Gasteiger partial charge in [0, 0.05) is 10.6 Å². The lowest BCUT2D eigenvalue weighted by atomic mass is 10.2. The van der Waals surface area contributed by atoms with Crippen LogP contribution in [-0.2, 0) is 0 Å². The molecule has 10 heteroatoms. The molecule has 2 aromatic carbocycles. The number of hydrogen-bond donors (Lipinski definition) is 4. The number of nitrogens with one attached hydrogen (secondary N) is 3.